The number of aromatic hydroxyl groups is 1. The Morgan fingerprint density at radius 3 is 2.13 bits per heavy atom. The molecule has 0 fully saturated rings. The van der Waals surface area contributed by atoms with E-state index in [2.05, 4.69) is 68.0 Å². The van der Waals surface area contributed by atoms with Gasteiger partial charge in [-0.3, -0.25) is 4.79 Å². The van der Waals surface area contributed by atoms with E-state index in [0.717, 1.165) is 21.2 Å². The Bertz CT molecular complexity index is 1300. The van der Waals surface area contributed by atoms with Crippen LogP contribution >= 0.6 is 15.9 Å². The Labute approximate surface area is 233 Å². The third-order valence-corrected chi connectivity index (χ3v) is 6.50. The van der Waals surface area contributed by atoms with Crippen LogP contribution in [0, 0.1) is 0 Å². The maximum Gasteiger partial charge on any atom is 0.343 e. The van der Waals surface area contributed by atoms with Crippen LogP contribution in [0.2, 0.25) is 0 Å². The number of hydrogen-bond acceptors (Lipinski definition) is 5. The molecule has 0 unspecified atom stereocenters. The molecule has 3 aromatic carbocycles. The van der Waals surface area contributed by atoms with Crippen LogP contribution in [0.15, 0.2) is 70.2 Å². The number of nitrogens with one attached hydrogen (secondary N) is 1. The Hall–Kier alpha value is -3.45. The summed E-state index contributed by atoms with van der Waals surface area (Å²) < 4.78 is 6.33. The topological polar surface area (TPSA) is 88.0 Å². The number of aryl methyl sites for hydroxylation is 1. The number of halogens is 1. The Morgan fingerprint density at radius 1 is 0.947 bits per heavy atom. The zero-order valence-corrected chi connectivity index (χ0v) is 24.3. The number of benzene rings is 3. The lowest BCUT2D eigenvalue weighted by Gasteiger charge is -2.28. The molecule has 0 spiro atoms. The number of hydrogen-bond donors (Lipinski definition) is 2. The van der Waals surface area contributed by atoms with E-state index in [1.807, 2.05) is 18.2 Å². The summed E-state index contributed by atoms with van der Waals surface area (Å²) in [4.78, 5) is 25.1. The van der Waals surface area contributed by atoms with Gasteiger partial charge in [-0.1, -0.05) is 87.8 Å². The van der Waals surface area contributed by atoms with Crippen molar-refractivity contribution in [3.8, 4) is 11.5 Å². The van der Waals surface area contributed by atoms with Crippen LogP contribution in [-0.2, 0) is 22.0 Å². The van der Waals surface area contributed by atoms with Crippen LogP contribution in [-0.4, -0.2) is 23.2 Å². The van der Waals surface area contributed by atoms with Gasteiger partial charge < -0.3 is 9.84 Å². The van der Waals surface area contributed by atoms with E-state index in [0.29, 0.717) is 29.0 Å². The van der Waals surface area contributed by atoms with Crippen LogP contribution in [0.1, 0.15) is 80.6 Å². The van der Waals surface area contributed by atoms with Gasteiger partial charge in [-0.25, -0.2) is 10.2 Å². The molecule has 0 saturated heterocycles. The van der Waals surface area contributed by atoms with Gasteiger partial charge in [-0.15, -0.1) is 0 Å². The second kappa shape index (κ2) is 11.9. The summed E-state index contributed by atoms with van der Waals surface area (Å²) >= 11 is 3.42. The number of rotatable bonds is 7. The van der Waals surface area contributed by atoms with Gasteiger partial charge in [0.2, 0.25) is 5.91 Å². The van der Waals surface area contributed by atoms with Crippen molar-refractivity contribution in [1.29, 1.82) is 0 Å². The van der Waals surface area contributed by atoms with Crippen molar-refractivity contribution < 1.29 is 19.4 Å². The standard InChI is InChI=1S/C31H35BrN2O4/c1-30(2,3)24-16-20(17-25(28(24)36)31(4,5)6)12-15-27(35)34-33-19-22-18-23(32)13-14-26(22)38-29(37)21-10-8-7-9-11-21/h7-11,13-14,16-19,36H,12,15H2,1-6H3,(H,34,35)/b33-19-. The third kappa shape index (κ3) is 7.78. The number of carbonyl (C=O) groups is 2. The highest BCUT2D eigenvalue weighted by atomic mass is 79.9. The summed E-state index contributed by atoms with van der Waals surface area (Å²) in [6.07, 6.45) is 2.18. The molecule has 0 saturated carbocycles. The van der Waals surface area contributed by atoms with Gasteiger partial charge in [0.05, 0.1) is 11.8 Å². The van der Waals surface area contributed by atoms with Gasteiger partial charge >= 0.3 is 5.97 Å². The predicted molar refractivity (Wildman–Crippen MR) is 155 cm³/mol. The van der Waals surface area contributed by atoms with Gasteiger partial charge in [0.25, 0.3) is 0 Å². The molecule has 0 bridgehead atoms. The number of carbonyl (C=O) groups excluding carboxylic acids is 2. The quantitative estimate of drug-likeness (QED) is 0.136. The first-order chi connectivity index (χ1) is 17.8. The lowest BCUT2D eigenvalue weighted by Crippen LogP contribution is -2.20. The van der Waals surface area contributed by atoms with E-state index in [1.165, 1.54) is 6.21 Å². The number of phenolic OH excluding ortho intramolecular Hbond substituents is 1. The Balaban J connectivity index is 1.69. The monoisotopic (exact) mass is 578 g/mol. The van der Waals surface area contributed by atoms with Crippen LogP contribution in [0.5, 0.6) is 11.5 Å². The summed E-state index contributed by atoms with van der Waals surface area (Å²) in [7, 11) is 0. The lowest BCUT2D eigenvalue weighted by molar-refractivity contribution is -0.121. The van der Waals surface area contributed by atoms with Crippen LogP contribution in [0.25, 0.3) is 0 Å². The highest BCUT2D eigenvalue weighted by Crippen LogP contribution is 2.40. The lowest BCUT2D eigenvalue weighted by atomic mass is 9.78. The molecule has 0 heterocycles. The molecule has 1 amide bonds. The molecular formula is C31H35BrN2O4. The number of amides is 1. The molecule has 6 nitrogen and oxygen atoms in total. The molecule has 3 aromatic rings. The maximum atomic E-state index is 12.6. The Kier molecular flexibility index (Phi) is 9.15. The molecule has 200 valence electrons. The molecule has 38 heavy (non-hydrogen) atoms. The van der Waals surface area contributed by atoms with Crippen molar-refractivity contribution in [1.82, 2.24) is 5.43 Å². The summed E-state index contributed by atoms with van der Waals surface area (Å²) in [5, 5.41) is 15.0. The minimum absolute atomic E-state index is 0.226. The molecule has 2 N–H and O–H groups in total. The number of phenols is 1. The van der Waals surface area contributed by atoms with Crippen LogP contribution in [0.4, 0.5) is 0 Å². The van der Waals surface area contributed by atoms with Crippen molar-refractivity contribution in [2.45, 2.75) is 65.2 Å². The smallest absolute Gasteiger partial charge is 0.343 e. The van der Waals surface area contributed by atoms with E-state index >= 15 is 0 Å². The van der Waals surface area contributed by atoms with Crippen molar-refractivity contribution in [2.75, 3.05) is 0 Å². The molecule has 0 aliphatic carbocycles. The van der Waals surface area contributed by atoms with Crippen LogP contribution in [0.3, 0.4) is 0 Å². The van der Waals surface area contributed by atoms with E-state index < -0.39 is 5.97 Å². The van der Waals surface area contributed by atoms with Gasteiger partial charge in [0.1, 0.15) is 11.5 Å². The maximum absolute atomic E-state index is 12.6. The summed E-state index contributed by atoms with van der Waals surface area (Å²) in [6.45, 7) is 12.4. The molecule has 0 aromatic heterocycles. The molecule has 0 radical (unpaired) electrons. The van der Waals surface area contributed by atoms with Gasteiger partial charge in [-0.05, 0) is 64.3 Å². The number of esters is 1. The number of nitrogens with zero attached hydrogens (tertiary/aromatic N) is 1. The van der Waals surface area contributed by atoms with Crippen molar-refractivity contribution in [3.05, 3.63) is 93.0 Å². The summed E-state index contributed by atoms with van der Waals surface area (Å²) in [5.41, 5.74) is 5.77. The molecule has 7 heteroatoms. The molecule has 0 aliphatic heterocycles. The first-order valence-corrected chi connectivity index (χ1v) is 13.3. The minimum Gasteiger partial charge on any atom is -0.507 e. The average molecular weight is 580 g/mol. The van der Waals surface area contributed by atoms with E-state index in [-0.39, 0.29) is 23.2 Å². The highest BCUT2D eigenvalue weighted by molar-refractivity contribution is 9.10. The fourth-order valence-corrected chi connectivity index (χ4v) is 4.29. The van der Waals surface area contributed by atoms with Gasteiger partial charge in [-0.2, -0.15) is 5.10 Å². The zero-order valence-electron chi connectivity index (χ0n) is 22.8. The van der Waals surface area contributed by atoms with E-state index in [9.17, 15) is 14.7 Å². The first kappa shape index (κ1) is 29.1. The number of ether oxygens (including phenoxy) is 1. The second-order valence-corrected chi connectivity index (χ2v) is 12.2. The third-order valence-electron chi connectivity index (χ3n) is 6.00. The normalized spacial score (nSPS) is 12.0. The van der Waals surface area contributed by atoms with Gasteiger partial charge in [0.15, 0.2) is 0 Å². The van der Waals surface area contributed by atoms with E-state index in [1.54, 1.807) is 42.5 Å². The molecule has 3 rings (SSSR count). The predicted octanol–water partition coefficient (Wildman–Crippen LogP) is 7.05. The van der Waals surface area contributed by atoms with Crippen molar-refractivity contribution in [3.63, 3.8) is 0 Å². The fourth-order valence-electron chi connectivity index (χ4n) is 3.92. The van der Waals surface area contributed by atoms with Crippen molar-refractivity contribution >= 4 is 34.0 Å². The van der Waals surface area contributed by atoms with Crippen LogP contribution < -0.4 is 10.2 Å². The highest BCUT2D eigenvalue weighted by Gasteiger charge is 2.26. The molecule has 0 atom stereocenters. The average Bonchev–Trinajstić information content (AvgIpc) is 2.84. The largest absolute Gasteiger partial charge is 0.507 e. The zero-order chi connectivity index (χ0) is 28.1. The molecule has 0 aliphatic rings. The SMILES string of the molecule is CC(C)(C)c1cc(CCC(=O)N/N=C\c2cc(Br)ccc2OC(=O)c2ccccc2)cc(C(C)(C)C)c1O. The Morgan fingerprint density at radius 2 is 1.55 bits per heavy atom. The fraction of sp³-hybridized carbons (Fsp3) is 0.323. The summed E-state index contributed by atoms with van der Waals surface area (Å²) in [6, 6.07) is 17.9. The minimum atomic E-state index is -0.482. The van der Waals surface area contributed by atoms with E-state index in [4.69, 9.17) is 4.74 Å². The summed E-state index contributed by atoms with van der Waals surface area (Å²) in [5.74, 6) is -0.0827. The second-order valence-electron chi connectivity index (χ2n) is 11.3. The van der Waals surface area contributed by atoms with Crippen molar-refractivity contribution in [2.24, 2.45) is 5.10 Å². The van der Waals surface area contributed by atoms with Gasteiger partial charge in [0, 0.05) is 16.5 Å². The number of hydrazone groups is 1. The molecular weight excluding hydrogens is 544 g/mol. The first-order valence-electron chi connectivity index (χ1n) is 12.5.